The summed E-state index contributed by atoms with van der Waals surface area (Å²) < 4.78 is 20.8. The maximum Gasteiger partial charge on any atom is 0.343 e. The van der Waals surface area contributed by atoms with Gasteiger partial charge in [-0.3, -0.25) is 9.69 Å². The first-order valence-corrected chi connectivity index (χ1v) is 10.5. The van der Waals surface area contributed by atoms with Crippen molar-refractivity contribution in [3.05, 3.63) is 23.8 Å². The van der Waals surface area contributed by atoms with Gasteiger partial charge in [-0.1, -0.05) is 26.7 Å². The summed E-state index contributed by atoms with van der Waals surface area (Å²) >= 11 is 0. The molecule has 0 bridgehead atoms. The van der Waals surface area contributed by atoms with Crippen molar-refractivity contribution in [3.8, 4) is 11.5 Å². The highest BCUT2D eigenvalue weighted by atomic mass is 16.6. The van der Waals surface area contributed by atoms with Crippen LogP contribution in [0, 0.1) is 5.92 Å². The maximum atomic E-state index is 12.8. The van der Waals surface area contributed by atoms with Crippen LogP contribution >= 0.6 is 0 Å². The first-order valence-electron chi connectivity index (χ1n) is 10.5. The number of hydrogen-bond donors (Lipinski definition) is 1. The summed E-state index contributed by atoms with van der Waals surface area (Å²) in [5, 5.41) is 3.08. The van der Waals surface area contributed by atoms with Gasteiger partial charge in [-0.05, 0) is 24.1 Å². The number of rotatable bonds is 11. The minimum absolute atomic E-state index is 0.169. The van der Waals surface area contributed by atoms with Crippen molar-refractivity contribution in [2.24, 2.45) is 5.92 Å². The molecule has 1 aromatic carbocycles. The summed E-state index contributed by atoms with van der Waals surface area (Å²) in [6.07, 6.45) is 2.13. The zero-order chi connectivity index (χ0) is 21.9. The molecule has 1 amide bonds. The van der Waals surface area contributed by atoms with Gasteiger partial charge < -0.3 is 24.3 Å². The quantitative estimate of drug-likeness (QED) is 0.547. The number of amides is 1. The van der Waals surface area contributed by atoms with E-state index in [0.29, 0.717) is 29.5 Å². The van der Waals surface area contributed by atoms with Crippen LogP contribution in [0.4, 0.5) is 0 Å². The summed E-state index contributed by atoms with van der Waals surface area (Å²) in [6, 6.07) is 5.17. The van der Waals surface area contributed by atoms with Crippen LogP contribution in [-0.2, 0) is 14.3 Å². The van der Waals surface area contributed by atoms with Gasteiger partial charge in [-0.15, -0.1) is 0 Å². The highest BCUT2D eigenvalue weighted by molar-refractivity contribution is 5.94. The van der Waals surface area contributed by atoms with Crippen molar-refractivity contribution in [3.63, 3.8) is 0 Å². The van der Waals surface area contributed by atoms with E-state index in [1.165, 1.54) is 14.2 Å². The van der Waals surface area contributed by atoms with Gasteiger partial charge in [-0.2, -0.15) is 0 Å². The van der Waals surface area contributed by atoms with Gasteiger partial charge in [0.2, 0.25) is 0 Å². The monoisotopic (exact) mass is 422 g/mol. The Labute approximate surface area is 178 Å². The van der Waals surface area contributed by atoms with Crippen LogP contribution < -0.4 is 14.8 Å². The average molecular weight is 423 g/mol. The Kier molecular flexibility index (Phi) is 9.89. The van der Waals surface area contributed by atoms with E-state index in [1.807, 2.05) is 0 Å². The number of hydrogen-bond acceptors (Lipinski definition) is 7. The van der Waals surface area contributed by atoms with E-state index < -0.39 is 5.97 Å². The van der Waals surface area contributed by atoms with Crippen LogP contribution in [0.1, 0.15) is 37.0 Å². The molecule has 168 valence electrons. The summed E-state index contributed by atoms with van der Waals surface area (Å²) in [4.78, 5) is 26.5. The molecule has 8 nitrogen and oxygen atoms in total. The molecule has 1 atom stereocenters. The molecular formula is C22H34N2O6. The Hall–Kier alpha value is -2.32. The highest BCUT2D eigenvalue weighted by Crippen LogP contribution is 2.28. The summed E-state index contributed by atoms with van der Waals surface area (Å²) in [7, 11) is 2.78. The fourth-order valence-corrected chi connectivity index (χ4v) is 3.76. The van der Waals surface area contributed by atoms with E-state index in [-0.39, 0.29) is 18.6 Å². The fraction of sp³-hybridized carbons (Fsp3) is 0.636. The Morgan fingerprint density at radius 3 is 2.43 bits per heavy atom. The van der Waals surface area contributed by atoms with Crippen LogP contribution in [0.25, 0.3) is 0 Å². The van der Waals surface area contributed by atoms with Crippen molar-refractivity contribution < 1.29 is 28.5 Å². The summed E-state index contributed by atoms with van der Waals surface area (Å²) in [6.45, 7) is 7.98. The van der Waals surface area contributed by atoms with Gasteiger partial charge in [0.05, 0.1) is 27.4 Å². The van der Waals surface area contributed by atoms with Gasteiger partial charge >= 0.3 is 5.97 Å². The Balaban J connectivity index is 2.04. The number of nitrogens with one attached hydrogen (secondary N) is 1. The molecule has 1 saturated heterocycles. The lowest BCUT2D eigenvalue weighted by atomic mass is 9.92. The number of nitrogens with zero attached hydrogens (tertiary/aromatic N) is 1. The lowest BCUT2D eigenvalue weighted by molar-refractivity contribution is -0.142. The smallest absolute Gasteiger partial charge is 0.343 e. The first-order chi connectivity index (χ1) is 14.5. The highest BCUT2D eigenvalue weighted by Gasteiger charge is 2.27. The molecule has 8 heteroatoms. The molecule has 0 aromatic heterocycles. The summed E-state index contributed by atoms with van der Waals surface area (Å²) in [5.41, 5.74) is 0.475. The van der Waals surface area contributed by atoms with Gasteiger partial charge in [-0.25, -0.2) is 4.79 Å². The number of esters is 1. The second kappa shape index (κ2) is 12.4. The van der Waals surface area contributed by atoms with Crippen LogP contribution in [0.3, 0.4) is 0 Å². The minimum atomic E-state index is -0.491. The third-order valence-electron chi connectivity index (χ3n) is 5.58. The number of benzene rings is 1. The number of carbonyl (C=O) groups excluding carboxylic acids is 2. The minimum Gasteiger partial charge on any atom is -0.493 e. The fourth-order valence-electron chi connectivity index (χ4n) is 3.76. The molecule has 1 heterocycles. The largest absolute Gasteiger partial charge is 0.493 e. The Bertz CT molecular complexity index is 686. The van der Waals surface area contributed by atoms with Crippen molar-refractivity contribution in [1.29, 1.82) is 0 Å². The van der Waals surface area contributed by atoms with Gasteiger partial charge in [0.25, 0.3) is 5.91 Å². The molecule has 1 aliphatic rings. The molecule has 1 aliphatic heterocycles. The molecule has 0 aliphatic carbocycles. The van der Waals surface area contributed by atoms with E-state index in [9.17, 15) is 9.59 Å². The van der Waals surface area contributed by atoms with Gasteiger partial charge in [0.1, 0.15) is 0 Å². The molecule has 1 N–H and O–H groups in total. The molecule has 0 saturated carbocycles. The predicted octanol–water partition coefficient (Wildman–Crippen LogP) is 2.11. The Morgan fingerprint density at radius 2 is 1.83 bits per heavy atom. The zero-order valence-corrected chi connectivity index (χ0v) is 18.4. The molecule has 1 aromatic rings. The van der Waals surface area contributed by atoms with Crippen LogP contribution in [0.15, 0.2) is 18.2 Å². The Morgan fingerprint density at radius 1 is 1.13 bits per heavy atom. The second-order valence-corrected chi connectivity index (χ2v) is 7.23. The predicted molar refractivity (Wildman–Crippen MR) is 113 cm³/mol. The van der Waals surface area contributed by atoms with E-state index in [4.69, 9.17) is 14.2 Å². The second-order valence-electron chi connectivity index (χ2n) is 7.23. The van der Waals surface area contributed by atoms with E-state index in [0.717, 1.165) is 39.1 Å². The number of methoxy groups -OCH3 is 2. The van der Waals surface area contributed by atoms with Crippen molar-refractivity contribution in [2.75, 3.05) is 53.7 Å². The third-order valence-corrected chi connectivity index (χ3v) is 5.58. The standard InChI is InChI=1S/C22H34N2O6/c1-5-16(6-2)18(24-9-11-29-12-10-24)14-23-22(26)17-7-8-19(20(13-17)27-3)30-15-21(25)28-4/h7-8,13,16,18H,5-6,9-12,14-15H2,1-4H3,(H,23,26)/t18-/m1/s1. The molecule has 0 radical (unpaired) electrons. The normalized spacial score (nSPS) is 15.5. The van der Waals surface area contributed by atoms with Crippen molar-refractivity contribution >= 4 is 11.9 Å². The van der Waals surface area contributed by atoms with Gasteiger partial charge in [0.15, 0.2) is 18.1 Å². The molecule has 30 heavy (non-hydrogen) atoms. The van der Waals surface area contributed by atoms with Gasteiger partial charge in [0, 0.05) is 31.2 Å². The van der Waals surface area contributed by atoms with Crippen molar-refractivity contribution in [2.45, 2.75) is 32.7 Å². The number of carbonyl (C=O) groups is 2. The molecule has 0 spiro atoms. The van der Waals surface area contributed by atoms with Crippen LogP contribution in [0.5, 0.6) is 11.5 Å². The molecule has 0 unspecified atom stereocenters. The van der Waals surface area contributed by atoms with Crippen LogP contribution in [0.2, 0.25) is 0 Å². The first kappa shape index (κ1) is 24.0. The molecule has 2 rings (SSSR count). The van der Waals surface area contributed by atoms with Crippen LogP contribution in [-0.4, -0.2) is 76.5 Å². The molecule has 1 fully saturated rings. The molecular weight excluding hydrogens is 388 g/mol. The SMILES string of the molecule is CCC(CC)[C@@H](CNC(=O)c1ccc(OCC(=O)OC)c(OC)c1)N1CCOCC1. The third kappa shape index (κ3) is 6.60. The van der Waals surface area contributed by atoms with E-state index in [1.54, 1.807) is 18.2 Å². The van der Waals surface area contributed by atoms with Crippen molar-refractivity contribution in [1.82, 2.24) is 10.2 Å². The zero-order valence-electron chi connectivity index (χ0n) is 18.4. The lowest BCUT2D eigenvalue weighted by Crippen LogP contribution is -2.52. The van der Waals surface area contributed by atoms with E-state index >= 15 is 0 Å². The lowest BCUT2D eigenvalue weighted by Gasteiger charge is -2.38. The summed E-state index contributed by atoms with van der Waals surface area (Å²) in [5.74, 6) is 0.609. The number of morpholine rings is 1. The topological polar surface area (TPSA) is 86.3 Å². The maximum absolute atomic E-state index is 12.8. The average Bonchev–Trinajstić information content (AvgIpc) is 2.80. The number of ether oxygens (including phenoxy) is 4. The van der Waals surface area contributed by atoms with E-state index in [2.05, 4.69) is 28.8 Å².